The summed E-state index contributed by atoms with van der Waals surface area (Å²) in [5.74, 6) is 1.94. The zero-order chi connectivity index (χ0) is 13.0. The van der Waals surface area contributed by atoms with Gasteiger partial charge in [-0.3, -0.25) is 4.79 Å². The molecule has 0 unspecified atom stereocenters. The lowest BCUT2D eigenvalue weighted by molar-refractivity contribution is 0.0547. The van der Waals surface area contributed by atoms with Crippen LogP contribution in [0.5, 0.6) is 0 Å². The molecular formula is C14H20ClNO2. The smallest absolute Gasteiger partial charge is 0.289 e. The summed E-state index contributed by atoms with van der Waals surface area (Å²) in [5, 5.41) is 0. The SMILES string of the molecule is CCc1ccc(C(=O)N(CCCCl)C2CCC2)o1. The van der Waals surface area contributed by atoms with E-state index < -0.39 is 0 Å². The normalized spacial score (nSPS) is 15.4. The Labute approximate surface area is 113 Å². The second kappa shape index (κ2) is 6.28. The molecule has 1 aliphatic carbocycles. The Kier molecular flexibility index (Phi) is 4.70. The van der Waals surface area contributed by atoms with Crippen LogP contribution in [0.1, 0.15) is 48.9 Å². The average molecular weight is 270 g/mol. The van der Waals surface area contributed by atoms with Crippen LogP contribution in [0.2, 0.25) is 0 Å². The lowest BCUT2D eigenvalue weighted by Gasteiger charge is -2.37. The summed E-state index contributed by atoms with van der Waals surface area (Å²) in [6, 6.07) is 4.05. The maximum absolute atomic E-state index is 12.4. The number of furan rings is 1. The molecule has 4 heteroatoms. The minimum atomic E-state index is 0.0181. The standard InChI is InChI=1S/C14H20ClNO2/c1-2-12-7-8-13(18-12)14(17)16(10-4-9-15)11-5-3-6-11/h7-8,11H,2-6,9-10H2,1H3. The van der Waals surface area contributed by atoms with Crippen LogP contribution in [0.4, 0.5) is 0 Å². The Morgan fingerprint density at radius 3 is 2.78 bits per heavy atom. The first kappa shape index (κ1) is 13.5. The molecule has 0 atom stereocenters. The number of carbonyl (C=O) groups excluding carboxylic acids is 1. The van der Waals surface area contributed by atoms with Crippen molar-refractivity contribution in [3.05, 3.63) is 23.7 Å². The van der Waals surface area contributed by atoms with Crippen LogP contribution in [0.25, 0.3) is 0 Å². The Bertz CT molecular complexity index is 398. The summed E-state index contributed by atoms with van der Waals surface area (Å²) < 4.78 is 5.55. The van der Waals surface area contributed by atoms with E-state index >= 15 is 0 Å². The summed E-state index contributed by atoms with van der Waals surface area (Å²) in [7, 11) is 0. The molecule has 0 bridgehead atoms. The monoisotopic (exact) mass is 269 g/mol. The van der Waals surface area contributed by atoms with Crippen LogP contribution >= 0.6 is 11.6 Å². The maximum Gasteiger partial charge on any atom is 0.289 e. The Hall–Kier alpha value is -0.960. The van der Waals surface area contributed by atoms with E-state index in [1.165, 1.54) is 6.42 Å². The van der Waals surface area contributed by atoms with Crippen LogP contribution in [0, 0.1) is 0 Å². The molecule has 1 amide bonds. The van der Waals surface area contributed by atoms with Crippen LogP contribution in [-0.4, -0.2) is 29.3 Å². The average Bonchev–Trinajstić information content (AvgIpc) is 2.79. The van der Waals surface area contributed by atoms with Crippen molar-refractivity contribution in [3.63, 3.8) is 0 Å². The van der Waals surface area contributed by atoms with E-state index in [1.807, 2.05) is 17.9 Å². The van der Waals surface area contributed by atoms with Crippen molar-refractivity contribution in [2.45, 2.75) is 45.1 Å². The first-order chi connectivity index (χ1) is 8.76. The van der Waals surface area contributed by atoms with Crippen LogP contribution in [0.3, 0.4) is 0 Å². The molecular weight excluding hydrogens is 250 g/mol. The second-order valence-electron chi connectivity index (χ2n) is 4.75. The predicted octanol–water partition coefficient (Wildman–Crippen LogP) is 3.47. The number of amides is 1. The van der Waals surface area contributed by atoms with E-state index in [4.69, 9.17) is 16.0 Å². The molecule has 0 spiro atoms. The fourth-order valence-corrected chi connectivity index (χ4v) is 2.32. The molecule has 0 radical (unpaired) electrons. The molecule has 3 nitrogen and oxygen atoms in total. The van der Waals surface area contributed by atoms with E-state index in [2.05, 4.69) is 0 Å². The molecule has 0 aliphatic heterocycles. The fourth-order valence-electron chi connectivity index (χ4n) is 2.20. The van der Waals surface area contributed by atoms with E-state index in [0.29, 0.717) is 17.7 Å². The van der Waals surface area contributed by atoms with Crippen molar-refractivity contribution in [3.8, 4) is 0 Å². The van der Waals surface area contributed by atoms with Crippen molar-refractivity contribution >= 4 is 17.5 Å². The van der Waals surface area contributed by atoms with Gasteiger partial charge in [0, 0.05) is 24.9 Å². The molecule has 2 rings (SSSR count). The topological polar surface area (TPSA) is 33.5 Å². The second-order valence-corrected chi connectivity index (χ2v) is 5.12. The first-order valence-corrected chi connectivity index (χ1v) is 7.25. The molecule has 0 aromatic carbocycles. The molecule has 1 aliphatic rings. The van der Waals surface area contributed by atoms with Gasteiger partial charge in [0.05, 0.1) is 0 Å². The lowest BCUT2D eigenvalue weighted by atomic mass is 9.91. The van der Waals surface area contributed by atoms with Gasteiger partial charge in [-0.05, 0) is 37.8 Å². The Morgan fingerprint density at radius 2 is 2.28 bits per heavy atom. The third-order valence-corrected chi connectivity index (χ3v) is 3.80. The Balaban J connectivity index is 2.06. The molecule has 1 fully saturated rings. The molecule has 1 aromatic rings. The highest BCUT2D eigenvalue weighted by Gasteiger charge is 2.30. The van der Waals surface area contributed by atoms with Gasteiger partial charge in [-0.1, -0.05) is 6.92 Å². The van der Waals surface area contributed by atoms with Gasteiger partial charge < -0.3 is 9.32 Å². The molecule has 0 saturated heterocycles. The maximum atomic E-state index is 12.4. The molecule has 1 aromatic heterocycles. The van der Waals surface area contributed by atoms with Gasteiger partial charge >= 0.3 is 0 Å². The molecule has 100 valence electrons. The minimum absolute atomic E-state index is 0.0181. The lowest BCUT2D eigenvalue weighted by Crippen LogP contribution is -2.44. The van der Waals surface area contributed by atoms with Crippen LogP contribution in [0.15, 0.2) is 16.5 Å². The highest BCUT2D eigenvalue weighted by molar-refractivity contribution is 6.17. The summed E-state index contributed by atoms with van der Waals surface area (Å²) >= 11 is 5.73. The van der Waals surface area contributed by atoms with Gasteiger partial charge in [-0.25, -0.2) is 0 Å². The van der Waals surface area contributed by atoms with Crippen LogP contribution in [-0.2, 0) is 6.42 Å². The molecule has 1 heterocycles. The number of nitrogens with zero attached hydrogens (tertiary/aromatic N) is 1. The number of hydrogen-bond acceptors (Lipinski definition) is 2. The van der Waals surface area contributed by atoms with Gasteiger partial charge in [0.15, 0.2) is 5.76 Å². The largest absolute Gasteiger partial charge is 0.456 e. The third-order valence-electron chi connectivity index (χ3n) is 3.53. The molecule has 0 N–H and O–H groups in total. The third kappa shape index (κ3) is 2.89. The van der Waals surface area contributed by atoms with Gasteiger partial charge in [0.2, 0.25) is 0 Å². The molecule has 18 heavy (non-hydrogen) atoms. The van der Waals surface area contributed by atoms with Crippen LogP contribution < -0.4 is 0 Å². The number of halogens is 1. The summed E-state index contributed by atoms with van der Waals surface area (Å²) in [4.78, 5) is 14.3. The van der Waals surface area contributed by atoms with Gasteiger partial charge in [-0.15, -0.1) is 11.6 Å². The van der Waals surface area contributed by atoms with E-state index in [-0.39, 0.29) is 5.91 Å². The first-order valence-electron chi connectivity index (χ1n) is 6.72. The zero-order valence-electron chi connectivity index (χ0n) is 10.8. The van der Waals surface area contributed by atoms with Crippen molar-refractivity contribution in [1.29, 1.82) is 0 Å². The number of carbonyl (C=O) groups is 1. The van der Waals surface area contributed by atoms with Crippen molar-refractivity contribution in [1.82, 2.24) is 4.90 Å². The predicted molar refractivity (Wildman–Crippen MR) is 72.1 cm³/mol. The summed E-state index contributed by atoms with van der Waals surface area (Å²) in [6.07, 6.45) is 5.09. The summed E-state index contributed by atoms with van der Waals surface area (Å²) in [6.45, 7) is 2.75. The Morgan fingerprint density at radius 1 is 1.50 bits per heavy atom. The van der Waals surface area contributed by atoms with Gasteiger partial charge in [-0.2, -0.15) is 0 Å². The minimum Gasteiger partial charge on any atom is -0.456 e. The zero-order valence-corrected chi connectivity index (χ0v) is 11.6. The number of aryl methyl sites for hydroxylation is 1. The highest BCUT2D eigenvalue weighted by atomic mass is 35.5. The van der Waals surface area contributed by atoms with Gasteiger partial charge in [0.25, 0.3) is 5.91 Å². The number of hydrogen-bond donors (Lipinski definition) is 0. The van der Waals surface area contributed by atoms with E-state index in [1.54, 1.807) is 6.07 Å². The fraction of sp³-hybridized carbons (Fsp3) is 0.643. The van der Waals surface area contributed by atoms with E-state index in [0.717, 1.165) is 38.0 Å². The van der Waals surface area contributed by atoms with Crippen molar-refractivity contribution in [2.24, 2.45) is 0 Å². The summed E-state index contributed by atoms with van der Waals surface area (Å²) in [5.41, 5.74) is 0. The number of rotatable bonds is 6. The quantitative estimate of drug-likeness (QED) is 0.741. The van der Waals surface area contributed by atoms with Crippen molar-refractivity contribution in [2.75, 3.05) is 12.4 Å². The highest BCUT2D eigenvalue weighted by Crippen LogP contribution is 2.27. The van der Waals surface area contributed by atoms with Crippen molar-refractivity contribution < 1.29 is 9.21 Å². The number of alkyl halides is 1. The van der Waals surface area contributed by atoms with Gasteiger partial charge in [0.1, 0.15) is 5.76 Å². The van der Waals surface area contributed by atoms with E-state index in [9.17, 15) is 4.79 Å². The molecule has 1 saturated carbocycles.